The molecule has 0 radical (unpaired) electrons. The standard InChI is InChI=1S/C22H28N4O6S/c1-5-20(22(28)23-3)24(14-17-9-6-8-16(2)12-17)21(27)15-25(33(4,31)32)18-10-7-11-19(13-18)26(29)30/h6-13,20H,5,14-15H2,1-4H3,(H,23,28). The molecule has 0 saturated heterocycles. The molecule has 2 amide bonds. The molecule has 2 rings (SSSR count). The van der Waals surface area contributed by atoms with Gasteiger partial charge in [-0.1, -0.05) is 42.8 Å². The van der Waals surface area contributed by atoms with E-state index in [1.165, 1.54) is 30.1 Å². The fourth-order valence-electron chi connectivity index (χ4n) is 3.47. The van der Waals surface area contributed by atoms with Gasteiger partial charge in [-0.2, -0.15) is 0 Å². The Labute approximate surface area is 193 Å². The molecule has 1 N–H and O–H groups in total. The van der Waals surface area contributed by atoms with E-state index < -0.39 is 33.4 Å². The highest BCUT2D eigenvalue weighted by molar-refractivity contribution is 7.92. The van der Waals surface area contributed by atoms with Gasteiger partial charge in [-0.25, -0.2) is 8.42 Å². The molecule has 2 aromatic carbocycles. The average molecular weight is 477 g/mol. The van der Waals surface area contributed by atoms with Crippen molar-refractivity contribution < 1.29 is 22.9 Å². The molecule has 178 valence electrons. The van der Waals surface area contributed by atoms with Gasteiger partial charge in [0.1, 0.15) is 12.6 Å². The van der Waals surface area contributed by atoms with E-state index in [2.05, 4.69) is 5.32 Å². The van der Waals surface area contributed by atoms with E-state index in [1.54, 1.807) is 6.92 Å². The molecule has 0 aliphatic heterocycles. The third-order valence-corrected chi connectivity index (χ3v) is 6.22. The van der Waals surface area contributed by atoms with Gasteiger partial charge in [0, 0.05) is 25.7 Å². The number of non-ortho nitro benzene ring substituents is 1. The normalized spacial score (nSPS) is 12.0. The van der Waals surface area contributed by atoms with Crippen LogP contribution in [0.15, 0.2) is 48.5 Å². The number of carbonyl (C=O) groups is 2. The first-order chi connectivity index (χ1) is 15.5. The zero-order valence-electron chi connectivity index (χ0n) is 19.0. The predicted molar refractivity (Wildman–Crippen MR) is 125 cm³/mol. The number of aryl methyl sites for hydroxylation is 1. The summed E-state index contributed by atoms with van der Waals surface area (Å²) in [5.41, 5.74) is 1.44. The van der Waals surface area contributed by atoms with Crippen molar-refractivity contribution in [2.75, 3.05) is 24.2 Å². The molecule has 1 unspecified atom stereocenters. The Morgan fingerprint density at radius 1 is 1.15 bits per heavy atom. The summed E-state index contributed by atoms with van der Waals surface area (Å²) < 4.78 is 25.8. The number of rotatable bonds is 10. The van der Waals surface area contributed by atoms with Crippen LogP contribution < -0.4 is 9.62 Å². The molecule has 1 atom stereocenters. The van der Waals surface area contributed by atoms with Crippen molar-refractivity contribution in [1.82, 2.24) is 10.2 Å². The third-order valence-electron chi connectivity index (χ3n) is 5.08. The summed E-state index contributed by atoms with van der Waals surface area (Å²) >= 11 is 0. The number of nitrogens with zero attached hydrogens (tertiary/aromatic N) is 3. The SMILES string of the molecule is CCC(C(=O)NC)N(Cc1cccc(C)c1)C(=O)CN(c1cccc([N+](=O)[O-])c1)S(C)(=O)=O. The minimum Gasteiger partial charge on any atom is -0.357 e. The molecule has 11 heteroatoms. The van der Waals surface area contributed by atoms with E-state index >= 15 is 0 Å². The first-order valence-electron chi connectivity index (χ1n) is 10.3. The van der Waals surface area contributed by atoms with Crippen LogP contribution in [0.25, 0.3) is 0 Å². The summed E-state index contributed by atoms with van der Waals surface area (Å²) in [7, 11) is -2.50. The van der Waals surface area contributed by atoms with Crippen molar-refractivity contribution in [3.63, 3.8) is 0 Å². The van der Waals surface area contributed by atoms with Gasteiger partial charge < -0.3 is 10.2 Å². The van der Waals surface area contributed by atoms with Crippen molar-refractivity contribution in [2.45, 2.75) is 32.9 Å². The second-order valence-corrected chi connectivity index (χ2v) is 9.50. The van der Waals surface area contributed by atoms with Crippen molar-refractivity contribution >= 4 is 33.2 Å². The van der Waals surface area contributed by atoms with E-state index in [-0.39, 0.29) is 23.8 Å². The van der Waals surface area contributed by atoms with E-state index in [1.807, 2.05) is 31.2 Å². The zero-order chi connectivity index (χ0) is 24.8. The molecule has 0 aromatic heterocycles. The van der Waals surface area contributed by atoms with Crippen molar-refractivity contribution in [3.05, 3.63) is 69.8 Å². The number of amides is 2. The van der Waals surface area contributed by atoms with E-state index in [4.69, 9.17) is 0 Å². The quantitative estimate of drug-likeness (QED) is 0.413. The topological polar surface area (TPSA) is 130 Å². The summed E-state index contributed by atoms with van der Waals surface area (Å²) in [5, 5.41) is 13.7. The minimum atomic E-state index is -3.96. The van der Waals surface area contributed by atoms with Gasteiger partial charge in [0.05, 0.1) is 16.9 Å². The van der Waals surface area contributed by atoms with Crippen molar-refractivity contribution in [3.8, 4) is 0 Å². The van der Waals surface area contributed by atoms with Crippen molar-refractivity contribution in [2.24, 2.45) is 0 Å². The van der Waals surface area contributed by atoms with Crippen LogP contribution in [0.1, 0.15) is 24.5 Å². The van der Waals surface area contributed by atoms with Gasteiger partial charge in [-0.3, -0.25) is 24.0 Å². The van der Waals surface area contributed by atoms with Crippen LogP contribution in [0.3, 0.4) is 0 Å². The molecular weight excluding hydrogens is 448 g/mol. The maximum Gasteiger partial charge on any atom is 0.271 e. The molecular formula is C22H28N4O6S. The lowest BCUT2D eigenvalue weighted by Gasteiger charge is -2.32. The number of hydrogen-bond acceptors (Lipinski definition) is 6. The number of nitrogens with one attached hydrogen (secondary N) is 1. The zero-order valence-corrected chi connectivity index (χ0v) is 19.8. The first kappa shape index (κ1) is 25.8. The first-order valence-corrected chi connectivity index (χ1v) is 12.1. The summed E-state index contributed by atoms with van der Waals surface area (Å²) in [5.74, 6) is -0.983. The van der Waals surface area contributed by atoms with Crippen LogP contribution in [0, 0.1) is 17.0 Å². The van der Waals surface area contributed by atoms with Crippen LogP contribution >= 0.6 is 0 Å². The molecule has 0 fully saturated rings. The number of anilines is 1. The highest BCUT2D eigenvalue weighted by Gasteiger charge is 2.31. The number of hydrogen-bond donors (Lipinski definition) is 1. The lowest BCUT2D eigenvalue weighted by atomic mass is 10.1. The average Bonchev–Trinajstić information content (AvgIpc) is 2.76. The maximum absolute atomic E-state index is 13.4. The number of likely N-dealkylation sites (N-methyl/N-ethyl adjacent to an activating group) is 1. The summed E-state index contributed by atoms with van der Waals surface area (Å²) in [4.78, 5) is 37.7. The van der Waals surface area contributed by atoms with Gasteiger partial charge in [0.25, 0.3) is 5.69 Å². The Kier molecular flexibility index (Phi) is 8.52. The van der Waals surface area contributed by atoms with Gasteiger partial charge in [-0.15, -0.1) is 0 Å². The molecule has 10 nitrogen and oxygen atoms in total. The summed E-state index contributed by atoms with van der Waals surface area (Å²) in [6.07, 6.45) is 1.23. The Morgan fingerprint density at radius 2 is 1.82 bits per heavy atom. The van der Waals surface area contributed by atoms with Crippen molar-refractivity contribution in [1.29, 1.82) is 0 Å². The molecule has 0 aliphatic rings. The summed E-state index contributed by atoms with van der Waals surface area (Å²) in [6.45, 7) is 3.14. The third kappa shape index (κ3) is 6.75. The van der Waals surface area contributed by atoms with Crippen LogP contribution in [0.2, 0.25) is 0 Å². The molecule has 0 heterocycles. The lowest BCUT2D eigenvalue weighted by molar-refractivity contribution is -0.384. The number of carbonyl (C=O) groups excluding carboxylic acids is 2. The van der Waals surface area contributed by atoms with Gasteiger partial charge in [-0.05, 0) is 25.0 Å². The molecule has 0 aliphatic carbocycles. The van der Waals surface area contributed by atoms with Crippen LogP contribution in [0.5, 0.6) is 0 Å². The van der Waals surface area contributed by atoms with Gasteiger partial charge >= 0.3 is 0 Å². The van der Waals surface area contributed by atoms with Crippen LogP contribution in [-0.2, 0) is 26.2 Å². The Morgan fingerprint density at radius 3 is 2.36 bits per heavy atom. The fourth-order valence-corrected chi connectivity index (χ4v) is 4.31. The largest absolute Gasteiger partial charge is 0.357 e. The fraction of sp³-hybridized carbons (Fsp3) is 0.364. The molecule has 0 bridgehead atoms. The molecule has 0 spiro atoms. The second kappa shape index (κ2) is 10.9. The number of nitro benzene ring substituents is 1. The number of nitro groups is 1. The molecule has 33 heavy (non-hydrogen) atoms. The van der Waals surface area contributed by atoms with E-state index in [0.717, 1.165) is 27.8 Å². The Hall–Kier alpha value is -3.47. The lowest BCUT2D eigenvalue weighted by Crippen LogP contribution is -2.51. The van der Waals surface area contributed by atoms with Crippen LogP contribution in [-0.4, -0.2) is 55.9 Å². The second-order valence-electron chi connectivity index (χ2n) is 7.60. The van der Waals surface area contributed by atoms with Gasteiger partial charge in [0.2, 0.25) is 21.8 Å². The van der Waals surface area contributed by atoms with Crippen LogP contribution in [0.4, 0.5) is 11.4 Å². The monoisotopic (exact) mass is 476 g/mol. The Bertz CT molecular complexity index is 1140. The summed E-state index contributed by atoms with van der Waals surface area (Å²) in [6, 6.07) is 11.7. The van der Waals surface area contributed by atoms with E-state index in [9.17, 15) is 28.1 Å². The van der Waals surface area contributed by atoms with E-state index in [0.29, 0.717) is 6.42 Å². The molecule has 0 saturated carbocycles. The Balaban J connectivity index is 2.46. The highest BCUT2D eigenvalue weighted by Crippen LogP contribution is 2.24. The predicted octanol–water partition coefficient (Wildman–Crippen LogP) is 2.22. The smallest absolute Gasteiger partial charge is 0.271 e. The maximum atomic E-state index is 13.4. The van der Waals surface area contributed by atoms with Gasteiger partial charge in [0.15, 0.2) is 0 Å². The minimum absolute atomic E-state index is 0.0106. The number of benzene rings is 2. The molecule has 2 aromatic rings. The number of sulfonamides is 1. The highest BCUT2D eigenvalue weighted by atomic mass is 32.2.